The predicted molar refractivity (Wildman–Crippen MR) is 86.2 cm³/mol. The van der Waals surface area contributed by atoms with Crippen molar-refractivity contribution < 1.29 is 36.6 Å². The molecule has 1 aromatic heterocycles. The molecule has 3 rings (SSSR count). The molecule has 1 fully saturated rings. The standard InChI is InChI=1S/C17H17F3N2O4.FH/c18-17(19,20)26-13-6-4-12(5-7-13)24-11-15-21-14(10-25-15)16(23)22-8-2-1-3-9-22;/h4-7,10H,1-3,8-9,11H2;1H. The van der Waals surface area contributed by atoms with E-state index in [1.165, 1.54) is 18.4 Å². The highest BCUT2D eigenvalue weighted by atomic mass is 19.4. The third-order valence-electron chi connectivity index (χ3n) is 3.83. The SMILES string of the molecule is F.O=C(c1coc(COc2ccc(OC(F)(F)F)cc2)n1)N1CCCCC1. The number of amides is 1. The van der Waals surface area contributed by atoms with Crippen LogP contribution in [0.4, 0.5) is 17.9 Å². The molecule has 1 aliphatic rings. The van der Waals surface area contributed by atoms with Crippen molar-refractivity contribution >= 4 is 5.91 Å². The molecule has 0 aliphatic carbocycles. The van der Waals surface area contributed by atoms with Crippen LogP contribution in [0.25, 0.3) is 0 Å². The van der Waals surface area contributed by atoms with E-state index in [2.05, 4.69) is 9.72 Å². The van der Waals surface area contributed by atoms with Crippen molar-refractivity contribution in [3.05, 3.63) is 42.1 Å². The highest BCUT2D eigenvalue weighted by molar-refractivity contribution is 5.92. The Kier molecular flexibility index (Phi) is 6.65. The summed E-state index contributed by atoms with van der Waals surface area (Å²) in [4.78, 5) is 18.1. The molecule has 27 heavy (non-hydrogen) atoms. The number of alkyl halides is 3. The molecule has 0 atom stereocenters. The molecule has 2 heterocycles. The van der Waals surface area contributed by atoms with E-state index >= 15 is 0 Å². The number of aromatic nitrogens is 1. The van der Waals surface area contributed by atoms with Crippen molar-refractivity contribution in [1.29, 1.82) is 0 Å². The number of piperidine rings is 1. The first-order valence-electron chi connectivity index (χ1n) is 8.13. The number of carbonyl (C=O) groups excluding carboxylic acids is 1. The number of nitrogens with zero attached hydrogens (tertiary/aromatic N) is 2. The molecule has 1 saturated heterocycles. The average molecular weight is 390 g/mol. The molecule has 0 bridgehead atoms. The summed E-state index contributed by atoms with van der Waals surface area (Å²) in [7, 11) is 0. The van der Waals surface area contributed by atoms with Gasteiger partial charge >= 0.3 is 6.36 Å². The molecule has 1 aliphatic heterocycles. The fourth-order valence-corrected chi connectivity index (χ4v) is 2.62. The number of likely N-dealkylation sites (tertiary alicyclic amines) is 1. The van der Waals surface area contributed by atoms with Gasteiger partial charge in [0.15, 0.2) is 12.3 Å². The van der Waals surface area contributed by atoms with E-state index in [4.69, 9.17) is 9.15 Å². The molecule has 1 amide bonds. The molecular formula is C17H18F4N2O4. The van der Waals surface area contributed by atoms with Gasteiger partial charge in [0.25, 0.3) is 5.91 Å². The normalized spacial score (nSPS) is 14.4. The number of oxazole rings is 1. The van der Waals surface area contributed by atoms with Gasteiger partial charge in [-0.2, -0.15) is 0 Å². The minimum absolute atomic E-state index is 0. The van der Waals surface area contributed by atoms with Crippen molar-refractivity contribution in [2.75, 3.05) is 13.1 Å². The van der Waals surface area contributed by atoms with Crippen molar-refractivity contribution in [3.63, 3.8) is 0 Å². The molecule has 148 valence electrons. The zero-order valence-electron chi connectivity index (χ0n) is 14.2. The lowest BCUT2D eigenvalue weighted by atomic mass is 10.1. The van der Waals surface area contributed by atoms with E-state index < -0.39 is 6.36 Å². The Balaban J connectivity index is 0.00000261. The van der Waals surface area contributed by atoms with Gasteiger partial charge in [0.05, 0.1) is 0 Å². The summed E-state index contributed by atoms with van der Waals surface area (Å²) in [6.45, 7) is 1.38. The fraction of sp³-hybridized carbons (Fsp3) is 0.412. The van der Waals surface area contributed by atoms with Crippen LogP contribution in [0.15, 0.2) is 34.9 Å². The topological polar surface area (TPSA) is 64.8 Å². The average Bonchev–Trinajstić information content (AvgIpc) is 3.09. The first-order valence-corrected chi connectivity index (χ1v) is 8.13. The number of hydrogen-bond acceptors (Lipinski definition) is 5. The molecule has 10 heteroatoms. The highest BCUT2D eigenvalue weighted by Crippen LogP contribution is 2.25. The highest BCUT2D eigenvalue weighted by Gasteiger charge is 2.31. The zero-order chi connectivity index (χ0) is 18.6. The van der Waals surface area contributed by atoms with Crippen LogP contribution in [0.1, 0.15) is 35.6 Å². The number of ether oxygens (including phenoxy) is 2. The van der Waals surface area contributed by atoms with Gasteiger partial charge in [-0.25, -0.2) is 4.98 Å². The van der Waals surface area contributed by atoms with Gasteiger partial charge < -0.3 is 18.8 Å². The van der Waals surface area contributed by atoms with E-state index in [0.717, 1.165) is 31.4 Å². The molecule has 0 N–H and O–H groups in total. The summed E-state index contributed by atoms with van der Waals surface area (Å²) in [5.74, 6) is 0.0198. The lowest BCUT2D eigenvalue weighted by Crippen LogP contribution is -2.35. The number of rotatable bonds is 5. The number of carbonyl (C=O) groups is 1. The molecular weight excluding hydrogens is 372 g/mol. The summed E-state index contributed by atoms with van der Waals surface area (Å²) in [6, 6.07) is 4.96. The Morgan fingerprint density at radius 2 is 1.74 bits per heavy atom. The van der Waals surface area contributed by atoms with E-state index in [0.29, 0.717) is 18.8 Å². The first kappa shape index (κ1) is 20.5. The minimum Gasteiger partial charge on any atom is -0.484 e. The second-order valence-corrected chi connectivity index (χ2v) is 5.79. The van der Waals surface area contributed by atoms with Gasteiger partial charge in [0.1, 0.15) is 17.8 Å². The summed E-state index contributed by atoms with van der Waals surface area (Å²) < 4.78 is 50.7. The van der Waals surface area contributed by atoms with E-state index in [1.54, 1.807) is 4.90 Å². The zero-order valence-corrected chi connectivity index (χ0v) is 14.2. The predicted octanol–water partition coefficient (Wildman–Crippen LogP) is 3.93. The van der Waals surface area contributed by atoms with E-state index in [-0.39, 0.29) is 34.6 Å². The van der Waals surface area contributed by atoms with Crippen molar-refractivity contribution in [2.45, 2.75) is 32.2 Å². The molecule has 2 aromatic rings. The van der Waals surface area contributed by atoms with Gasteiger partial charge in [-0.15, -0.1) is 13.2 Å². The smallest absolute Gasteiger partial charge is 0.484 e. The Bertz CT molecular complexity index is 740. The number of hydrogen-bond donors (Lipinski definition) is 0. The second-order valence-electron chi connectivity index (χ2n) is 5.79. The third-order valence-corrected chi connectivity index (χ3v) is 3.83. The third kappa shape index (κ3) is 5.87. The van der Waals surface area contributed by atoms with Gasteiger partial charge in [0.2, 0.25) is 5.89 Å². The molecule has 0 unspecified atom stereocenters. The van der Waals surface area contributed by atoms with Gasteiger partial charge in [-0.05, 0) is 43.5 Å². The summed E-state index contributed by atoms with van der Waals surface area (Å²) in [5.41, 5.74) is 0.222. The molecule has 1 aromatic carbocycles. The Morgan fingerprint density at radius 1 is 1.11 bits per heavy atom. The van der Waals surface area contributed by atoms with E-state index in [1.807, 2.05) is 0 Å². The van der Waals surface area contributed by atoms with Crippen molar-refractivity contribution in [2.24, 2.45) is 0 Å². The van der Waals surface area contributed by atoms with Gasteiger partial charge in [-0.3, -0.25) is 9.50 Å². The lowest BCUT2D eigenvalue weighted by Gasteiger charge is -2.25. The van der Waals surface area contributed by atoms with E-state index in [9.17, 15) is 18.0 Å². The maximum atomic E-state index is 12.3. The van der Waals surface area contributed by atoms with Crippen LogP contribution in [-0.4, -0.2) is 35.2 Å². The largest absolute Gasteiger partial charge is 0.573 e. The summed E-state index contributed by atoms with van der Waals surface area (Å²) in [6.07, 6.45) is -0.372. The summed E-state index contributed by atoms with van der Waals surface area (Å²) >= 11 is 0. The molecule has 0 radical (unpaired) electrons. The van der Waals surface area contributed by atoms with Crippen molar-refractivity contribution in [1.82, 2.24) is 9.88 Å². The summed E-state index contributed by atoms with van der Waals surface area (Å²) in [5, 5.41) is 0. The fourth-order valence-electron chi connectivity index (χ4n) is 2.62. The second kappa shape index (κ2) is 8.74. The quantitative estimate of drug-likeness (QED) is 0.724. The van der Waals surface area contributed by atoms with Crippen LogP contribution in [-0.2, 0) is 6.61 Å². The van der Waals surface area contributed by atoms with Crippen LogP contribution in [0.3, 0.4) is 0 Å². The molecule has 0 saturated carbocycles. The molecule has 6 nitrogen and oxygen atoms in total. The number of benzene rings is 1. The van der Waals surface area contributed by atoms with Crippen molar-refractivity contribution in [3.8, 4) is 11.5 Å². The maximum absolute atomic E-state index is 12.3. The Morgan fingerprint density at radius 3 is 2.37 bits per heavy atom. The van der Waals surface area contributed by atoms with Crippen LogP contribution < -0.4 is 9.47 Å². The minimum atomic E-state index is -4.74. The Hall–Kier alpha value is -2.78. The van der Waals surface area contributed by atoms with Crippen LogP contribution in [0.2, 0.25) is 0 Å². The Labute approximate surface area is 152 Å². The van der Waals surface area contributed by atoms with Gasteiger partial charge in [-0.1, -0.05) is 0 Å². The molecule has 0 spiro atoms. The first-order chi connectivity index (χ1) is 12.4. The maximum Gasteiger partial charge on any atom is 0.573 e. The lowest BCUT2D eigenvalue weighted by molar-refractivity contribution is -0.274. The van der Waals surface area contributed by atoms with Gasteiger partial charge in [0, 0.05) is 13.1 Å². The van der Waals surface area contributed by atoms with Crippen LogP contribution >= 0.6 is 0 Å². The number of halogens is 4. The van der Waals surface area contributed by atoms with Crippen LogP contribution in [0.5, 0.6) is 11.5 Å². The van der Waals surface area contributed by atoms with Crippen LogP contribution in [0, 0.1) is 0 Å². The monoisotopic (exact) mass is 390 g/mol.